The average molecular weight is 183 g/mol. The zero-order valence-corrected chi connectivity index (χ0v) is 8.20. The van der Waals surface area contributed by atoms with Crippen LogP contribution >= 0.6 is 0 Å². The number of nitrogens with one attached hydrogen (secondary N) is 1. The standard InChI is InChI=1S/C9H17N3O/c1-3-8(4-7-13)11-9-10-5-6-12(9)2/h5-6,8,13H,3-4,7H2,1-2H3,(H,10,11). The van der Waals surface area contributed by atoms with Gasteiger partial charge in [0.15, 0.2) is 0 Å². The van der Waals surface area contributed by atoms with Crippen molar-refractivity contribution in [3.05, 3.63) is 12.4 Å². The first-order valence-electron chi connectivity index (χ1n) is 4.62. The minimum Gasteiger partial charge on any atom is -0.396 e. The van der Waals surface area contributed by atoms with Crippen LogP contribution in [0.15, 0.2) is 12.4 Å². The zero-order valence-electron chi connectivity index (χ0n) is 8.20. The Morgan fingerprint density at radius 2 is 2.46 bits per heavy atom. The summed E-state index contributed by atoms with van der Waals surface area (Å²) >= 11 is 0. The summed E-state index contributed by atoms with van der Waals surface area (Å²) in [6, 6.07) is 0.311. The third-order valence-electron chi connectivity index (χ3n) is 2.12. The van der Waals surface area contributed by atoms with Gasteiger partial charge >= 0.3 is 0 Å². The van der Waals surface area contributed by atoms with E-state index in [1.807, 2.05) is 17.8 Å². The van der Waals surface area contributed by atoms with Crippen molar-refractivity contribution < 1.29 is 5.11 Å². The second-order valence-corrected chi connectivity index (χ2v) is 3.12. The van der Waals surface area contributed by atoms with Gasteiger partial charge in [-0.3, -0.25) is 0 Å². The fourth-order valence-corrected chi connectivity index (χ4v) is 1.22. The number of rotatable bonds is 5. The Hall–Kier alpha value is -1.03. The van der Waals surface area contributed by atoms with Crippen LogP contribution in [0.2, 0.25) is 0 Å². The Bertz CT molecular complexity index is 247. The first kappa shape index (κ1) is 10.1. The summed E-state index contributed by atoms with van der Waals surface area (Å²) in [7, 11) is 1.95. The summed E-state index contributed by atoms with van der Waals surface area (Å²) in [4.78, 5) is 4.16. The monoisotopic (exact) mass is 183 g/mol. The molecule has 1 rings (SSSR count). The number of aliphatic hydroxyl groups excluding tert-OH is 1. The van der Waals surface area contributed by atoms with Crippen molar-refractivity contribution in [3.63, 3.8) is 0 Å². The molecule has 0 bridgehead atoms. The molecule has 1 unspecified atom stereocenters. The Labute approximate surface area is 78.6 Å². The van der Waals surface area contributed by atoms with Crippen molar-refractivity contribution in [1.29, 1.82) is 0 Å². The Balaban J connectivity index is 2.51. The van der Waals surface area contributed by atoms with Crippen molar-refractivity contribution >= 4 is 5.95 Å². The van der Waals surface area contributed by atoms with Crippen molar-refractivity contribution in [2.75, 3.05) is 11.9 Å². The number of hydrogen-bond donors (Lipinski definition) is 2. The fraction of sp³-hybridized carbons (Fsp3) is 0.667. The van der Waals surface area contributed by atoms with Crippen LogP contribution in [0.1, 0.15) is 19.8 Å². The van der Waals surface area contributed by atoms with Crippen LogP contribution in [-0.2, 0) is 7.05 Å². The molecule has 0 saturated heterocycles. The van der Waals surface area contributed by atoms with Gasteiger partial charge in [-0.2, -0.15) is 0 Å². The van der Waals surface area contributed by atoms with Crippen LogP contribution in [0.5, 0.6) is 0 Å². The highest BCUT2D eigenvalue weighted by atomic mass is 16.3. The van der Waals surface area contributed by atoms with Crippen LogP contribution in [-0.4, -0.2) is 27.3 Å². The molecule has 0 radical (unpaired) electrons. The fourth-order valence-electron chi connectivity index (χ4n) is 1.22. The smallest absolute Gasteiger partial charge is 0.202 e. The van der Waals surface area contributed by atoms with Crippen molar-refractivity contribution in [2.45, 2.75) is 25.8 Å². The predicted octanol–water partition coefficient (Wildman–Crippen LogP) is 0.993. The number of aliphatic hydroxyl groups is 1. The van der Waals surface area contributed by atoms with E-state index in [1.54, 1.807) is 6.20 Å². The largest absolute Gasteiger partial charge is 0.396 e. The van der Waals surface area contributed by atoms with E-state index in [1.165, 1.54) is 0 Å². The van der Waals surface area contributed by atoms with Gasteiger partial charge in [0.1, 0.15) is 0 Å². The number of anilines is 1. The molecule has 1 aromatic rings. The lowest BCUT2D eigenvalue weighted by molar-refractivity contribution is 0.278. The third-order valence-corrected chi connectivity index (χ3v) is 2.12. The van der Waals surface area contributed by atoms with E-state index in [0.717, 1.165) is 18.8 Å². The molecule has 0 aliphatic heterocycles. The molecule has 4 nitrogen and oxygen atoms in total. The predicted molar refractivity (Wildman–Crippen MR) is 52.6 cm³/mol. The minimum atomic E-state index is 0.218. The van der Waals surface area contributed by atoms with Crippen molar-refractivity contribution in [2.24, 2.45) is 7.05 Å². The first-order chi connectivity index (χ1) is 6.27. The summed E-state index contributed by atoms with van der Waals surface area (Å²) in [6.07, 6.45) is 5.42. The van der Waals surface area contributed by atoms with Gasteiger partial charge in [-0.1, -0.05) is 6.92 Å². The molecule has 0 spiro atoms. The summed E-state index contributed by atoms with van der Waals surface area (Å²) in [6.45, 7) is 2.31. The lowest BCUT2D eigenvalue weighted by Crippen LogP contribution is -2.21. The number of imidazole rings is 1. The topological polar surface area (TPSA) is 50.1 Å². The number of aromatic nitrogens is 2. The van der Waals surface area contributed by atoms with Crippen LogP contribution in [0.3, 0.4) is 0 Å². The Morgan fingerprint density at radius 3 is 2.92 bits per heavy atom. The van der Waals surface area contributed by atoms with E-state index in [9.17, 15) is 0 Å². The molecular weight excluding hydrogens is 166 g/mol. The van der Waals surface area contributed by atoms with Crippen molar-refractivity contribution in [3.8, 4) is 0 Å². The van der Waals surface area contributed by atoms with Gasteiger partial charge in [-0.25, -0.2) is 4.98 Å². The average Bonchev–Trinajstić information content (AvgIpc) is 2.51. The van der Waals surface area contributed by atoms with E-state index in [4.69, 9.17) is 5.11 Å². The highest BCUT2D eigenvalue weighted by molar-refractivity contribution is 5.26. The normalized spacial score (nSPS) is 12.8. The molecular formula is C9H17N3O. The lowest BCUT2D eigenvalue weighted by Gasteiger charge is -2.15. The maximum Gasteiger partial charge on any atom is 0.202 e. The van der Waals surface area contributed by atoms with Gasteiger partial charge in [0, 0.05) is 32.1 Å². The van der Waals surface area contributed by atoms with Gasteiger partial charge in [0.25, 0.3) is 0 Å². The molecule has 13 heavy (non-hydrogen) atoms. The number of aryl methyl sites for hydroxylation is 1. The van der Waals surface area contributed by atoms with Crippen molar-refractivity contribution in [1.82, 2.24) is 9.55 Å². The molecule has 1 heterocycles. The number of nitrogens with zero attached hydrogens (tertiary/aromatic N) is 2. The second kappa shape index (κ2) is 4.87. The summed E-state index contributed by atoms with van der Waals surface area (Å²) in [5.41, 5.74) is 0. The Morgan fingerprint density at radius 1 is 1.69 bits per heavy atom. The molecule has 0 aromatic carbocycles. The van der Waals surface area contributed by atoms with E-state index >= 15 is 0 Å². The molecule has 0 saturated carbocycles. The second-order valence-electron chi connectivity index (χ2n) is 3.12. The van der Waals surface area contributed by atoms with Gasteiger partial charge < -0.3 is 15.0 Å². The highest BCUT2D eigenvalue weighted by Crippen LogP contribution is 2.07. The summed E-state index contributed by atoms with van der Waals surface area (Å²) in [5.74, 6) is 0.861. The molecule has 1 atom stereocenters. The van der Waals surface area contributed by atoms with Crippen LogP contribution < -0.4 is 5.32 Å². The van der Waals surface area contributed by atoms with E-state index in [0.29, 0.717) is 6.04 Å². The van der Waals surface area contributed by atoms with Crippen LogP contribution in [0.25, 0.3) is 0 Å². The summed E-state index contributed by atoms with van der Waals surface area (Å²) in [5, 5.41) is 12.1. The van der Waals surface area contributed by atoms with Gasteiger partial charge in [-0.05, 0) is 12.8 Å². The molecule has 4 heteroatoms. The van der Waals surface area contributed by atoms with Crippen LogP contribution in [0, 0.1) is 0 Å². The maximum absolute atomic E-state index is 8.80. The van der Waals surface area contributed by atoms with E-state index in [2.05, 4.69) is 17.2 Å². The van der Waals surface area contributed by atoms with Gasteiger partial charge in [0.05, 0.1) is 0 Å². The molecule has 1 aromatic heterocycles. The number of hydrogen-bond acceptors (Lipinski definition) is 3. The lowest BCUT2D eigenvalue weighted by atomic mass is 10.2. The quantitative estimate of drug-likeness (QED) is 0.715. The molecule has 2 N–H and O–H groups in total. The summed E-state index contributed by atoms with van der Waals surface area (Å²) < 4.78 is 1.93. The van der Waals surface area contributed by atoms with Crippen LogP contribution in [0.4, 0.5) is 5.95 Å². The SMILES string of the molecule is CCC(CCO)Nc1nccn1C. The minimum absolute atomic E-state index is 0.218. The molecule has 74 valence electrons. The molecule has 0 aliphatic carbocycles. The van der Waals surface area contributed by atoms with E-state index in [-0.39, 0.29) is 6.61 Å². The molecule has 0 amide bonds. The van der Waals surface area contributed by atoms with Gasteiger partial charge in [0.2, 0.25) is 5.95 Å². The molecule has 0 aliphatic rings. The first-order valence-corrected chi connectivity index (χ1v) is 4.62. The zero-order chi connectivity index (χ0) is 9.68. The maximum atomic E-state index is 8.80. The highest BCUT2D eigenvalue weighted by Gasteiger charge is 2.07. The van der Waals surface area contributed by atoms with E-state index < -0.39 is 0 Å². The third kappa shape index (κ3) is 2.73. The Kier molecular flexibility index (Phi) is 3.76. The molecule has 0 fully saturated rings. The van der Waals surface area contributed by atoms with Gasteiger partial charge in [-0.15, -0.1) is 0 Å².